The standard InChI is InChI=1S/C10H15NO4.C8H8/c11-8(10(14)15)7(9(12)13)6-4-2-1-3-5-6;1-2-8-6-4-3-5-7-8/h6H,1-5,11H2,(H,12,13)(H,14,15);2-7H,1H2/b8-7+;. The summed E-state index contributed by atoms with van der Waals surface area (Å²) in [6.07, 6.45) is 6.23. The zero-order valence-electron chi connectivity index (χ0n) is 13.1. The summed E-state index contributed by atoms with van der Waals surface area (Å²) in [5.41, 5.74) is 5.82. The van der Waals surface area contributed by atoms with E-state index in [0.717, 1.165) is 32.1 Å². The maximum Gasteiger partial charge on any atom is 0.352 e. The summed E-state index contributed by atoms with van der Waals surface area (Å²) in [5.74, 6) is -2.76. The first kappa shape index (κ1) is 18.5. The van der Waals surface area contributed by atoms with Crippen molar-refractivity contribution in [1.82, 2.24) is 0 Å². The third-order valence-corrected chi connectivity index (χ3v) is 3.80. The van der Waals surface area contributed by atoms with E-state index in [1.54, 1.807) is 0 Å². The van der Waals surface area contributed by atoms with Crippen LogP contribution in [-0.2, 0) is 9.59 Å². The molecular formula is C18H23NO4. The molecule has 1 fully saturated rings. The van der Waals surface area contributed by atoms with Crippen molar-refractivity contribution < 1.29 is 19.8 Å². The Kier molecular flexibility index (Phi) is 7.60. The Labute approximate surface area is 136 Å². The van der Waals surface area contributed by atoms with Crippen molar-refractivity contribution in [2.45, 2.75) is 32.1 Å². The lowest BCUT2D eigenvalue weighted by molar-refractivity contribution is -0.136. The van der Waals surface area contributed by atoms with Gasteiger partial charge < -0.3 is 15.9 Å². The summed E-state index contributed by atoms with van der Waals surface area (Å²) in [7, 11) is 0. The van der Waals surface area contributed by atoms with E-state index in [2.05, 4.69) is 6.58 Å². The van der Waals surface area contributed by atoms with Gasteiger partial charge in [-0.25, -0.2) is 9.59 Å². The van der Waals surface area contributed by atoms with Gasteiger partial charge in [0.25, 0.3) is 0 Å². The second-order valence-corrected chi connectivity index (χ2v) is 5.39. The summed E-state index contributed by atoms with van der Waals surface area (Å²) in [6.45, 7) is 3.63. The van der Waals surface area contributed by atoms with E-state index in [-0.39, 0.29) is 11.5 Å². The molecule has 1 saturated carbocycles. The molecule has 0 radical (unpaired) electrons. The van der Waals surface area contributed by atoms with Crippen LogP contribution in [0.3, 0.4) is 0 Å². The van der Waals surface area contributed by atoms with Crippen molar-refractivity contribution in [1.29, 1.82) is 0 Å². The Morgan fingerprint density at radius 1 is 1.04 bits per heavy atom. The number of nitrogens with two attached hydrogens (primary N) is 1. The number of aliphatic carboxylic acids is 2. The maximum absolute atomic E-state index is 10.9. The average molecular weight is 317 g/mol. The summed E-state index contributed by atoms with van der Waals surface area (Å²) in [4.78, 5) is 21.6. The van der Waals surface area contributed by atoms with Crippen molar-refractivity contribution in [2.24, 2.45) is 11.7 Å². The number of rotatable bonds is 4. The first-order valence-electron chi connectivity index (χ1n) is 7.61. The van der Waals surface area contributed by atoms with Crippen molar-refractivity contribution in [3.63, 3.8) is 0 Å². The molecule has 0 aromatic heterocycles. The molecule has 1 aliphatic rings. The maximum atomic E-state index is 10.9. The van der Waals surface area contributed by atoms with Crippen LogP contribution < -0.4 is 5.73 Å². The molecule has 0 saturated heterocycles. The number of hydrogen-bond donors (Lipinski definition) is 3. The molecular weight excluding hydrogens is 294 g/mol. The molecule has 5 nitrogen and oxygen atoms in total. The van der Waals surface area contributed by atoms with Gasteiger partial charge in [0.05, 0.1) is 5.57 Å². The van der Waals surface area contributed by atoms with E-state index in [1.807, 2.05) is 36.4 Å². The molecule has 0 bridgehead atoms. The third kappa shape index (κ3) is 5.98. The van der Waals surface area contributed by atoms with Gasteiger partial charge in [-0.15, -0.1) is 0 Å². The Morgan fingerprint density at radius 2 is 1.61 bits per heavy atom. The SMILES string of the molecule is C=Cc1ccccc1.N/C(C(=O)O)=C(/C(=O)O)C1CCCCC1. The average Bonchev–Trinajstić information content (AvgIpc) is 2.57. The molecule has 1 aliphatic carbocycles. The monoisotopic (exact) mass is 317 g/mol. The Hall–Kier alpha value is -2.56. The van der Waals surface area contributed by atoms with Gasteiger partial charge in [-0.05, 0) is 24.3 Å². The molecule has 2 rings (SSSR count). The highest BCUT2D eigenvalue weighted by Gasteiger charge is 2.27. The summed E-state index contributed by atoms with van der Waals surface area (Å²) in [5, 5.41) is 17.6. The minimum Gasteiger partial charge on any atom is -0.478 e. The van der Waals surface area contributed by atoms with E-state index < -0.39 is 17.6 Å². The van der Waals surface area contributed by atoms with Crippen molar-refractivity contribution in [3.8, 4) is 0 Å². The lowest BCUT2D eigenvalue weighted by atomic mass is 9.83. The van der Waals surface area contributed by atoms with Gasteiger partial charge in [0, 0.05) is 0 Å². The second-order valence-electron chi connectivity index (χ2n) is 5.39. The van der Waals surface area contributed by atoms with E-state index >= 15 is 0 Å². The van der Waals surface area contributed by atoms with Crippen LogP contribution in [-0.4, -0.2) is 22.2 Å². The molecule has 0 aliphatic heterocycles. The van der Waals surface area contributed by atoms with E-state index in [9.17, 15) is 9.59 Å². The fraction of sp³-hybridized carbons (Fsp3) is 0.333. The summed E-state index contributed by atoms with van der Waals surface area (Å²) >= 11 is 0. The van der Waals surface area contributed by atoms with E-state index in [4.69, 9.17) is 15.9 Å². The van der Waals surface area contributed by atoms with Crippen LogP contribution in [0.5, 0.6) is 0 Å². The molecule has 5 heteroatoms. The minimum absolute atomic E-state index is 0.123. The van der Waals surface area contributed by atoms with Gasteiger partial charge in [0.2, 0.25) is 0 Å². The van der Waals surface area contributed by atoms with Crippen LogP contribution in [0.25, 0.3) is 6.08 Å². The molecule has 0 spiro atoms. The van der Waals surface area contributed by atoms with Crippen LogP contribution in [0.15, 0.2) is 48.2 Å². The fourth-order valence-electron chi connectivity index (χ4n) is 2.61. The van der Waals surface area contributed by atoms with Crippen molar-refractivity contribution in [2.75, 3.05) is 0 Å². The molecule has 124 valence electrons. The molecule has 1 aromatic carbocycles. The number of carboxylic acids is 2. The predicted octanol–water partition coefficient (Wildman–Crippen LogP) is 3.28. The predicted molar refractivity (Wildman–Crippen MR) is 89.6 cm³/mol. The normalized spacial score (nSPS) is 15.7. The Balaban J connectivity index is 0.000000277. The Morgan fingerprint density at radius 3 is 2.00 bits per heavy atom. The lowest BCUT2D eigenvalue weighted by Gasteiger charge is -2.22. The van der Waals surface area contributed by atoms with Crippen LogP contribution >= 0.6 is 0 Å². The summed E-state index contributed by atoms with van der Waals surface area (Å²) < 4.78 is 0. The van der Waals surface area contributed by atoms with E-state index in [0.29, 0.717) is 0 Å². The fourth-order valence-corrected chi connectivity index (χ4v) is 2.61. The molecule has 0 atom stereocenters. The highest BCUT2D eigenvalue weighted by atomic mass is 16.4. The Bertz CT molecular complexity index is 572. The molecule has 0 unspecified atom stereocenters. The molecule has 4 N–H and O–H groups in total. The zero-order chi connectivity index (χ0) is 17.2. The topological polar surface area (TPSA) is 101 Å². The number of benzene rings is 1. The highest BCUT2D eigenvalue weighted by Crippen LogP contribution is 2.30. The molecule has 1 aromatic rings. The number of carbonyl (C=O) groups is 2. The smallest absolute Gasteiger partial charge is 0.352 e. The molecule has 23 heavy (non-hydrogen) atoms. The van der Waals surface area contributed by atoms with Crippen molar-refractivity contribution >= 4 is 18.0 Å². The highest BCUT2D eigenvalue weighted by molar-refractivity contribution is 5.98. The third-order valence-electron chi connectivity index (χ3n) is 3.80. The quantitative estimate of drug-likeness (QED) is 0.740. The second kappa shape index (κ2) is 9.46. The largest absolute Gasteiger partial charge is 0.478 e. The van der Waals surface area contributed by atoms with Crippen LogP contribution in [0.2, 0.25) is 0 Å². The van der Waals surface area contributed by atoms with Crippen LogP contribution in [0.4, 0.5) is 0 Å². The van der Waals surface area contributed by atoms with Gasteiger partial charge in [0.1, 0.15) is 5.70 Å². The van der Waals surface area contributed by atoms with Gasteiger partial charge in [-0.3, -0.25) is 0 Å². The van der Waals surface area contributed by atoms with E-state index in [1.165, 1.54) is 5.56 Å². The zero-order valence-corrected chi connectivity index (χ0v) is 13.1. The number of carboxylic acid groups (broad SMARTS) is 2. The minimum atomic E-state index is -1.35. The summed E-state index contributed by atoms with van der Waals surface area (Å²) in [6, 6.07) is 10.0. The molecule has 0 amide bonds. The first-order valence-corrected chi connectivity index (χ1v) is 7.61. The van der Waals surface area contributed by atoms with Crippen molar-refractivity contribution in [3.05, 3.63) is 53.7 Å². The lowest BCUT2D eigenvalue weighted by Crippen LogP contribution is -2.24. The number of hydrogen-bond acceptors (Lipinski definition) is 3. The van der Waals surface area contributed by atoms with Gasteiger partial charge in [-0.1, -0.05) is 62.2 Å². The van der Waals surface area contributed by atoms with Gasteiger partial charge >= 0.3 is 11.9 Å². The van der Waals surface area contributed by atoms with Crippen LogP contribution in [0, 0.1) is 5.92 Å². The van der Waals surface area contributed by atoms with Crippen LogP contribution in [0.1, 0.15) is 37.7 Å². The van der Waals surface area contributed by atoms with Gasteiger partial charge in [0.15, 0.2) is 0 Å². The first-order chi connectivity index (χ1) is 11.0. The molecule has 0 heterocycles. The van der Waals surface area contributed by atoms with Gasteiger partial charge in [-0.2, -0.15) is 0 Å².